The van der Waals surface area contributed by atoms with Crippen LogP contribution in [0.4, 0.5) is 0 Å². The van der Waals surface area contributed by atoms with Crippen molar-refractivity contribution in [3.63, 3.8) is 0 Å². The first-order chi connectivity index (χ1) is 10.8. The summed E-state index contributed by atoms with van der Waals surface area (Å²) in [6.07, 6.45) is 16.4. The van der Waals surface area contributed by atoms with Crippen molar-refractivity contribution in [3.05, 3.63) is 43.0 Å². The van der Waals surface area contributed by atoms with Crippen LogP contribution in [0, 0.1) is 0 Å². The Morgan fingerprint density at radius 3 is 1.88 bits per heavy atom. The third kappa shape index (κ3) is 6.66. The molecule has 0 N–H and O–H groups in total. The van der Waals surface area contributed by atoms with E-state index in [-0.39, 0.29) is 24.8 Å². The van der Waals surface area contributed by atoms with E-state index in [1.165, 1.54) is 6.04 Å². The predicted octanol–water partition coefficient (Wildman–Crippen LogP) is 6.16. The van der Waals surface area contributed by atoms with Crippen molar-refractivity contribution in [2.75, 3.05) is 0 Å². The van der Waals surface area contributed by atoms with Gasteiger partial charge in [0.25, 0.3) is 0 Å². The van der Waals surface area contributed by atoms with Gasteiger partial charge in [0.2, 0.25) is 0 Å². The molecule has 1 atom stereocenters. The van der Waals surface area contributed by atoms with Crippen molar-refractivity contribution >= 4 is 45.6 Å². The molecule has 2 aliphatic rings. The standard InChI is InChI=1S/C5H13OSi.2C5H5.C4H10Si.2ClH.Zr/c1-5-6-7(2,3)4;2*1-2-4-5-3-1;1-4-5(2)3;;;/h5H,1-4H3;2*1-3H,4H2;1,5H,4H2,2-3H3;2*1H;. The maximum Gasteiger partial charge on any atom is -0.147 e. The fourth-order valence-electron chi connectivity index (χ4n) is 3.71. The van der Waals surface area contributed by atoms with Crippen LogP contribution in [0.15, 0.2) is 43.0 Å². The Balaban J connectivity index is 0.00000288. The molecule has 0 aliphatic heterocycles. The minimum absolute atomic E-state index is 0. The van der Waals surface area contributed by atoms with Crippen LogP contribution < -0.4 is 0 Å². The molecule has 143 valence electrons. The summed E-state index contributed by atoms with van der Waals surface area (Å²) in [7, 11) is -2.13. The molecule has 0 aromatic carbocycles. The van der Waals surface area contributed by atoms with Gasteiger partial charge in [-0.2, -0.15) is 0 Å². The molecule has 0 fully saturated rings. The molecule has 0 heterocycles. The summed E-state index contributed by atoms with van der Waals surface area (Å²) in [4.78, 5) is 0. The monoisotopic (exact) mass is 495 g/mol. The summed E-state index contributed by atoms with van der Waals surface area (Å²) < 4.78 is 13.4. The molecule has 0 aromatic heterocycles. The van der Waals surface area contributed by atoms with Crippen LogP contribution in [0.5, 0.6) is 0 Å². The fraction of sp³-hybridized carbons (Fsp3) is 0.526. The third-order valence-electron chi connectivity index (χ3n) is 4.69. The van der Waals surface area contributed by atoms with Crippen molar-refractivity contribution < 1.29 is 24.2 Å². The predicted molar refractivity (Wildman–Crippen MR) is 122 cm³/mol. The molecule has 0 spiro atoms. The fourth-order valence-corrected chi connectivity index (χ4v) is 25.7. The summed E-state index contributed by atoms with van der Waals surface area (Å²) in [6, 6.07) is 1.35. The molecule has 1 unspecified atom stereocenters. The van der Waals surface area contributed by atoms with E-state index in [2.05, 4.69) is 79.8 Å². The molecular formula is C19H35Cl2OSi2Zr. The molecule has 0 aromatic rings. The molecular weight excluding hydrogens is 463 g/mol. The van der Waals surface area contributed by atoms with Crippen molar-refractivity contribution in [2.24, 2.45) is 0 Å². The largest absolute Gasteiger partial charge is 0.147 e. The molecule has 6 heteroatoms. The van der Waals surface area contributed by atoms with Crippen molar-refractivity contribution in [1.29, 1.82) is 0 Å². The van der Waals surface area contributed by atoms with Crippen molar-refractivity contribution in [3.8, 4) is 0 Å². The average molecular weight is 498 g/mol. The number of allylic oxidation sites excluding steroid dienone is 8. The Kier molecular flexibility index (Phi) is 11.2. The minimum atomic E-state index is -2.84. The van der Waals surface area contributed by atoms with Gasteiger partial charge in [0, 0.05) is 0 Å². The summed E-state index contributed by atoms with van der Waals surface area (Å²) in [6.45, 7) is 14.3. The van der Waals surface area contributed by atoms with Gasteiger partial charge in [0.15, 0.2) is 0 Å². The normalized spacial score (nSPS) is 17.7. The third-order valence-corrected chi connectivity index (χ3v) is 21.3. The van der Waals surface area contributed by atoms with E-state index < -0.39 is 36.9 Å². The SMILES string of the molecule is C[CH](O[Si](C)(C)C)[Zr](=[CH]C[SiH](C)C)([C]1=CC=CC1)[C]1=CC=CC1.Cl.Cl. The second-order valence-corrected chi connectivity index (χ2v) is 26.4. The van der Waals surface area contributed by atoms with Crippen LogP contribution in [0.2, 0.25) is 38.8 Å². The van der Waals surface area contributed by atoms with Gasteiger partial charge < -0.3 is 0 Å². The van der Waals surface area contributed by atoms with Gasteiger partial charge in [0.05, 0.1) is 0 Å². The quantitative estimate of drug-likeness (QED) is 0.383. The molecule has 2 aliphatic carbocycles. The molecule has 25 heavy (non-hydrogen) atoms. The average Bonchev–Trinajstić information content (AvgIpc) is 3.10. The molecule has 0 saturated heterocycles. The number of rotatable bonds is 7. The molecule has 2 rings (SSSR count). The van der Waals surface area contributed by atoms with Crippen LogP contribution in [0.3, 0.4) is 0 Å². The van der Waals surface area contributed by atoms with Crippen LogP contribution >= 0.6 is 24.8 Å². The van der Waals surface area contributed by atoms with Crippen LogP contribution in [0.25, 0.3) is 0 Å². The topological polar surface area (TPSA) is 9.23 Å². The van der Waals surface area contributed by atoms with E-state index in [0.29, 0.717) is 3.81 Å². The number of halogens is 2. The van der Waals surface area contributed by atoms with Crippen molar-refractivity contribution in [1.82, 2.24) is 0 Å². The molecule has 0 radical (unpaired) electrons. The van der Waals surface area contributed by atoms with Gasteiger partial charge in [-0.05, 0) is 0 Å². The zero-order chi connectivity index (χ0) is 17.1. The first-order valence-electron chi connectivity index (χ1n) is 9.00. The molecule has 0 amide bonds. The molecule has 0 saturated carbocycles. The Hall–Kier alpha value is 0.687. The number of hydrogen-bond donors (Lipinski definition) is 0. The second-order valence-electron chi connectivity index (χ2n) is 8.22. The van der Waals surface area contributed by atoms with Gasteiger partial charge in [-0.25, -0.2) is 0 Å². The van der Waals surface area contributed by atoms with Crippen LogP contribution in [-0.4, -0.2) is 24.6 Å². The molecule has 0 bridgehead atoms. The van der Waals surface area contributed by atoms with E-state index >= 15 is 0 Å². The van der Waals surface area contributed by atoms with E-state index in [4.69, 9.17) is 4.43 Å². The zero-order valence-electron chi connectivity index (χ0n) is 16.5. The van der Waals surface area contributed by atoms with Gasteiger partial charge in [-0.15, -0.1) is 24.8 Å². The van der Waals surface area contributed by atoms with Gasteiger partial charge in [-0.3, -0.25) is 0 Å². The minimum Gasteiger partial charge on any atom is -0.147 e. The summed E-state index contributed by atoms with van der Waals surface area (Å²) in [5, 5.41) is 0. The Bertz CT molecular complexity index is 579. The summed E-state index contributed by atoms with van der Waals surface area (Å²) >= 11 is -2.84. The van der Waals surface area contributed by atoms with Gasteiger partial charge in [-0.1, -0.05) is 0 Å². The van der Waals surface area contributed by atoms with Crippen LogP contribution in [-0.2, 0) is 24.2 Å². The zero-order valence-corrected chi connectivity index (χ0v) is 22.8. The maximum atomic E-state index is 6.74. The number of hydrogen-bond acceptors (Lipinski definition) is 1. The van der Waals surface area contributed by atoms with Gasteiger partial charge >= 0.3 is 150 Å². The van der Waals surface area contributed by atoms with E-state index in [1.54, 1.807) is 6.56 Å². The van der Waals surface area contributed by atoms with Gasteiger partial charge in [0.1, 0.15) is 0 Å². The first kappa shape index (κ1) is 25.7. The Morgan fingerprint density at radius 2 is 1.56 bits per heavy atom. The van der Waals surface area contributed by atoms with E-state index in [1.807, 2.05) is 0 Å². The summed E-state index contributed by atoms with van der Waals surface area (Å²) in [5.41, 5.74) is 0. The Labute approximate surface area is 174 Å². The summed E-state index contributed by atoms with van der Waals surface area (Å²) in [5.74, 6) is 0. The Morgan fingerprint density at radius 1 is 1.08 bits per heavy atom. The van der Waals surface area contributed by atoms with E-state index in [0.717, 1.165) is 12.8 Å². The first-order valence-corrected chi connectivity index (χ1v) is 20.8. The second kappa shape index (κ2) is 10.9. The molecule has 1 nitrogen and oxygen atoms in total. The van der Waals surface area contributed by atoms with Crippen molar-refractivity contribution in [2.45, 2.75) is 62.4 Å². The van der Waals surface area contributed by atoms with Crippen LogP contribution in [0.1, 0.15) is 19.8 Å². The smallest absolute Gasteiger partial charge is 0.147 e. The maximum absolute atomic E-state index is 6.74. The van der Waals surface area contributed by atoms with E-state index in [9.17, 15) is 0 Å².